The summed E-state index contributed by atoms with van der Waals surface area (Å²) >= 11 is 0. The van der Waals surface area contributed by atoms with Crippen LogP contribution in [0.3, 0.4) is 0 Å². The predicted octanol–water partition coefficient (Wildman–Crippen LogP) is 2.11. The molecule has 116 valence electrons. The Bertz CT molecular complexity index is 302. The molecule has 0 aromatic heterocycles. The number of fused-ring (bicyclic) bond motifs is 1. The van der Waals surface area contributed by atoms with Crippen LogP contribution in [0.25, 0.3) is 0 Å². The van der Waals surface area contributed by atoms with Gasteiger partial charge in [-0.05, 0) is 37.5 Å². The zero-order valence-electron chi connectivity index (χ0n) is 12.6. The maximum Gasteiger partial charge on any atom is 0.223 e. The molecular formula is C16H29NO3. The third kappa shape index (κ3) is 4.19. The van der Waals surface area contributed by atoms with Crippen LogP contribution in [-0.2, 0) is 9.53 Å². The summed E-state index contributed by atoms with van der Waals surface area (Å²) in [7, 11) is 1.63. The number of aliphatic hydroxyl groups is 1. The minimum atomic E-state index is -0.0541. The van der Waals surface area contributed by atoms with Gasteiger partial charge >= 0.3 is 0 Å². The fourth-order valence-corrected chi connectivity index (χ4v) is 3.98. The first-order chi connectivity index (χ1) is 9.74. The van der Waals surface area contributed by atoms with Gasteiger partial charge in [0.15, 0.2) is 0 Å². The van der Waals surface area contributed by atoms with Gasteiger partial charge in [-0.1, -0.05) is 25.7 Å². The molecular weight excluding hydrogens is 254 g/mol. The molecule has 2 fully saturated rings. The zero-order valence-corrected chi connectivity index (χ0v) is 12.6. The molecule has 0 spiro atoms. The van der Waals surface area contributed by atoms with Crippen LogP contribution in [0.2, 0.25) is 0 Å². The van der Waals surface area contributed by atoms with E-state index in [1.807, 2.05) is 0 Å². The Morgan fingerprint density at radius 3 is 2.70 bits per heavy atom. The fourth-order valence-electron chi connectivity index (χ4n) is 3.98. The molecule has 0 radical (unpaired) electrons. The van der Waals surface area contributed by atoms with E-state index in [4.69, 9.17) is 9.84 Å². The van der Waals surface area contributed by atoms with Gasteiger partial charge in [0.2, 0.25) is 5.91 Å². The Balaban J connectivity index is 1.82. The van der Waals surface area contributed by atoms with Gasteiger partial charge in [-0.2, -0.15) is 0 Å². The highest BCUT2D eigenvalue weighted by Gasteiger charge is 2.35. The van der Waals surface area contributed by atoms with Crippen LogP contribution in [-0.4, -0.2) is 37.4 Å². The third-order valence-electron chi connectivity index (χ3n) is 5.10. The van der Waals surface area contributed by atoms with E-state index in [9.17, 15) is 4.79 Å². The highest BCUT2D eigenvalue weighted by molar-refractivity contribution is 5.79. The maximum absolute atomic E-state index is 12.4. The van der Waals surface area contributed by atoms with Gasteiger partial charge in [0, 0.05) is 19.6 Å². The summed E-state index contributed by atoms with van der Waals surface area (Å²) in [6.45, 7) is 0.564. The van der Waals surface area contributed by atoms with E-state index in [0.29, 0.717) is 13.0 Å². The number of aliphatic hydroxyl groups excluding tert-OH is 1. The summed E-state index contributed by atoms with van der Waals surface area (Å²) in [5.74, 6) is 1.99. The van der Waals surface area contributed by atoms with E-state index < -0.39 is 0 Å². The summed E-state index contributed by atoms with van der Waals surface area (Å²) in [6.07, 6.45) is 9.29. The molecule has 20 heavy (non-hydrogen) atoms. The minimum absolute atomic E-state index is 0.0541. The summed E-state index contributed by atoms with van der Waals surface area (Å²) in [4.78, 5) is 12.4. The zero-order chi connectivity index (χ0) is 14.4. The summed E-state index contributed by atoms with van der Waals surface area (Å²) in [5.41, 5.74) is 0. The van der Waals surface area contributed by atoms with E-state index in [1.165, 1.54) is 32.1 Å². The number of amides is 1. The average Bonchev–Trinajstić information content (AvgIpc) is 2.47. The lowest BCUT2D eigenvalue weighted by Gasteiger charge is -2.39. The highest BCUT2D eigenvalue weighted by Crippen LogP contribution is 2.42. The molecule has 0 bridgehead atoms. The van der Waals surface area contributed by atoms with E-state index >= 15 is 0 Å². The minimum Gasteiger partial charge on any atom is -0.396 e. The van der Waals surface area contributed by atoms with Crippen molar-refractivity contribution in [2.24, 2.45) is 17.8 Å². The largest absolute Gasteiger partial charge is 0.396 e. The number of rotatable bonds is 6. The van der Waals surface area contributed by atoms with Crippen LogP contribution in [0.5, 0.6) is 0 Å². The Morgan fingerprint density at radius 2 is 2.00 bits per heavy atom. The molecule has 2 N–H and O–H groups in total. The van der Waals surface area contributed by atoms with Crippen molar-refractivity contribution in [2.45, 2.75) is 57.4 Å². The molecule has 0 aromatic rings. The third-order valence-corrected chi connectivity index (χ3v) is 5.10. The van der Waals surface area contributed by atoms with Crippen LogP contribution in [0.4, 0.5) is 0 Å². The smallest absolute Gasteiger partial charge is 0.223 e. The normalized spacial score (nSPS) is 31.4. The summed E-state index contributed by atoms with van der Waals surface area (Å²) in [6, 6.07) is -0.0541. The Labute approximate surface area is 122 Å². The Morgan fingerprint density at radius 1 is 1.25 bits per heavy atom. The van der Waals surface area contributed by atoms with E-state index in [2.05, 4.69) is 5.32 Å². The van der Waals surface area contributed by atoms with Crippen LogP contribution >= 0.6 is 0 Å². The highest BCUT2D eigenvalue weighted by atomic mass is 16.5. The molecule has 4 unspecified atom stereocenters. The van der Waals surface area contributed by atoms with Crippen LogP contribution in [0, 0.1) is 17.8 Å². The van der Waals surface area contributed by atoms with Gasteiger partial charge < -0.3 is 15.2 Å². The molecule has 2 saturated carbocycles. The van der Waals surface area contributed by atoms with Gasteiger partial charge in [-0.25, -0.2) is 0 Å². The molecule has 1 amide bonds. The van der Waals surface area contributed by atoms with Crippen molar-refractivity contribution in [3.05, 3.63) is 0 Å². The quantitative estimate of drug-likeness (QED) is 0.785. The molecule has 4 heteroatoms. The van der Waals surface area contributed by atoms with E-state index in [-0.39, 0.29) is 24.5 Å². The molecule has 2 aliphatic carbocycles. The van der Waals surface area contributed by atoms with E-state index in [0.717, 1.165) is 24.7 Å². The second-order valence-electron chi connectivity index (χ2n) is 6.49. The molecule has 2 aliphatic rings. The van der Waals surface area contributed by atoms with E-state index in [1.54, 1.807) is 7.11 Å². The van der Waals surface area contributed by atoms with Gasteiger partial charge in [0.05, 0.1) is 12.6 Å². The number of carbonyl (C=O) groups excluding carboxylic acids is 1. The predicted molar refractivity (Wildman–Crippen MR) is 78.3 cm³/mol. The lowest BCUT2D eigenvalue weighted by Crippen LogP contribution is -2.44. The molecule has 2 rings (SSSR count). The number of hydrogen-bond acceptors (Lipinski definition) is 3. The first-order valence-electron chi connectivity index (χ1n) is 8.14. The Kier molecular flexibility index (Phi) is 6.30. The second-order valence-corrected chi connectivity index (χ2v) is 6.49. The van der Waals surface area contributed by atoms with Crippen LogP contribution in [0.1, 0.15) is 51.4 Å². The second kappa shape index (κ2) is 7.99. The number of hydrogen-bond donors (Lipinski definition) is 2. The molecule has 0 heterocycles. The SMILES string of the molecule is COCC(CCO)NC(=O)C1CCC2CCCCC2C1. The van der Waals surface area contributed by atoms with Crippen molar-refractivity contribution >= 4 is 5.91 Å². The first-order valence-corrected chi connectivity index (χ1v) is 8.14. The van der Waals surface area contributed by atoms with Crippen LogP contribution in [0.15, 0.2) is 0 Å². The summed E-state index contributed by atoms with van der Waals surface area (Å²) < 4.78 is 5.10. The van der Waals surface area contributed by atoms with Crippen molar-refractivity contribution in [1.29, 1.82) is 0 Å². The standard InChI is InChI=1S/C16H29NO3/c1-20-11-15(8-9-18)17-16(19)14-7-6-12-4-2-3-5-13(12)10-14/h12-15,18H,2-11H2,1H3,(H,17,19). The summed E-state index contributed by atoms with van der Waals surface area (Å²) in [5, 5.41) is 12.1. The molecule has 4 atom stereocenters. The van der Waals surface area contributed by atoms with Crippen molar-refractivity contribution in [1.82, 2.24) is 5.32 Å². The van der Waals surface area contributed by atoms with Crippen molar-refractivity contribution in [3.8, 4) is 0 Å². The number of nitrogens with one attached hydrogen (secondary N) is 1. The van der Waals surface area contributed by atoms with Crippen molar-refractivity contribution in [2.75, 3.05) is 20.3 Å². The molecule has 4 nitrogen and oxygen atoms in total. The number of carbonyl (C=O) groups is 1. The van der Waals surface area contributed by atoms with Gasteiger partial charge in [-0.3, -0.25) is 4.79 Å². The van der Waals surface area contributed by atoms with Gasteiger partial charge in [-0.15, -0.1) is 0 Å². The van der Waals surface area contributed by atoms with Crippen LogP contribution < -0.4 is 5.32 Å². The average molecular weight is 283 g/mol. The van der Waals surface area contributed by atoms with Crippen molar-refractivity contribution in [3.63, 3.8) is 0 Å². The number of methoxy groups -OCH3 is 1. The molecule has 0 saturated heterocycles. The number of ether oxygens (including phenoxy) is 1. The monoisotopic (exact) mass is 283 g/mol. The maximum atomic E-state index is 12.4. The fraction of sp³-hybridized carbons (Fsp3) is 0.938. The van der Waals surface area contributed by atoms with Crippen molar-refractivity contribution < 1.29 is 14.6 Å². The lowest BCUT2D eigenvalue weighted by atomic mass is 9.67. The Hall–Kier alpha value is -0.610. The first kappa shape index (κ1) is 15.8. The molecule has 0 aromatic carbocycles. The van der Waals surface area contributed by atoms with Gasteiger partial charge in [0.25, 0.3) is 0 Å². The topological polar surface area (TPSA) is 58.6 Å². The molecule has 0 aliphatic heterocycles. The lowest BCUT2D eigenvalue weighted by molar-refractivity contribution is -0.128. The van der Waals surface area contributed by atoms with Gasteiger partial charge in [0.1, 0.15) is 0 Å².